The van der Waals surface area contributed by atoms with Crippen LogP contribution in [-0.4, -0.2) is 17.7 Å². The van der Waals surface area contributed by atoms with E-state index in [1.54, 1.807) is 25.1 Å². The van der Waals surface area contributed by atoms with Crippen molar-refractivity contribution in [3.63, 3.8) is 0 Å². The van der Waals surface area contributed by atoms with Crippen molar-refractivity contribution in [1.82, 2.24) is 0 Å². The predicted octanol–water partition coefficient (Wildman–Crippen LogP) is 2.80. The fourth-order valence-corrected chi connectivity index (χ4v) is 1.41. The average molecular weight is 238 g/mol. The third kappa shape index (κ3) is 4.68. The molecule has 0 aliphatic rings. The summed E-state index contributed by atoms with van der Waals surface area (Å²) >= 11 is 0. The Kier molecular flexibility index (Phi) is 5.20. The molecule has 4 heteroatoms. The molecule has 0 fully saturated rings. The SMILES string of the molecule is CCOc1ccc(CC/C=C/C(=O)O)cc1F. The summed E-state index contributed by atoms with van der Waals surface area (Å²) in [6, 6.07) is 4.79. The third-order valence-electron chi connectivity index (χ3n) is 2.16. The van der Waals surface area contributed by atoms with Gasteiger partial charge in [0, 0.05) is 6.08 Å². The molecule has 0 amide bonds. The van der Waals surface area contributed by atoms with Crippen LogP contribution < -0.4 is 4.74 Å². The van der Waals surface area contributed by atoms with Gasteiger partial charge >= 0.3 is 5.97 Å². The van der Waals surface area contributed by atoms with E-state index in [-0.39, 0.29) is 11.6 Å². The summed E-state index contributed by atoms with van der Waals surface area (Å²) in [6.45, 7) is 2.22. The zero-order valence-electron chi connectivity index (χ0n) is 9.65. The summed E-state index contributed by atoms with van der Waals surface area (Å²) in [5, 5.41) is 8.39. The van der Waals surface area contributed by atoms with Gasteiger partial charge in [-0.3, -0.25) is 0 Å². The van der Waals surface area contributed by atoms with Crippen LogP contribution in [0.3, 0.4) is 0 Å². The first kappa shape index (κ1) is 13.2. The molecule has 3 nitrogen and oxygen atoms in total. The third-order valence-corrected chi connectivity index (χ3v) is 2.16. The van der Waals surface area contributed by atoms with Gasteiger partial charge in [-0.25, -0.2) is 9.18 Å². The van der Waals surface area contributed by atoms with Crippen molar-refractivity contribution >= 4 is 5.97 Å². The monoisotopic (exact) mass is 238 g/mol. The number of carboxylic acid groups (broad SMARTS) is 1. The second-order valence-corrected chi connectivity index (χ2v) is 3.48. The predicted molar refractivity (Wildman–Crippen MR) is 62.7 cm³/mol. The Hall–Kier alpha value is -1.84. The van der Waals surface area contributed by atoms with E-state index in [2.05, 4.69) is 0 Å². The van der Waals surface area contributed by atoms with Crippen LogP contribution in [0, 0.1) is 5.82 Å². The van der Waals surface area contributed by atoms with E-state index in [0.29, 0.717) is 19.4 Å². The van der Waals surface area contributed by atoms with Gasteiger partial charge in [0.2, 0.25) is 0 Å². The second kappa shape index (κ2) is 6.68. The molecule has 0 radical (unpaired) electrons. The lowest BCUT2D eigenvalue weighted by Crippen LogP contribution is -1.95. The van der Waals surface area contributed by atoms with Gasteiger partial charge in [0.1, 0.15) is 0 Å². The van der Waals surface area contributed by atoms with Crippen LogP contribution in [0.2, 0.25) is 0 Å². The number of hydrogen-bond acceptors (Lipinski definition) is 2. The van der Waals surface area contributed by atoms with Crippen LogP contribution in [-0.2, 0) is 11.2 Å². The maximum Gasteiger partial charge on any atom is 0.327 e. The lowest BCUT2D eigenvalue weighted by Gasteiger charge is -2.05. The minimum Gasteiger partial charge on any atom is -0.491 e. The number of rotatable bonds is 6. The quantitative estimate of drug-likeness (QED) is 0.775. The van der Waals surface area contributed by atoms with Crippen molar-refractivity contribution in [3.05, 3.63) is 41.7 Å². The van der Waals surface area contributed by atoms with Crippen LogP contribution in [0.25, 0.3) is 0 Å². The molecule has 1 N–H and O–H groups in total. The molecule has 0 bridgehead atoms. The van der Waals surface area contributed by atoms with Crippen molar-refractivity contribution in [3.8, 4) is 5.75 Å². The van der Waals surface area contributed by atoms with Crippen molar-refractivity contribution in [1.29, 1.82) is 0 Å². The minimum atomic E-state index is -0.970. The molecule has 0 aliphatic heterocycles. The normalized spacial score (nSPS) is 10.7. The highest BCUT2D eigenvalue weighted by Gasteiger charge is 2.03. The van der Waals surface area contributed by atoms with Gasteiger partial charge < -0.3 is 9.84 Å². The molecule has 0 saturated heterocycles. The average Bonchev–Trinajstić information content (AvgIpc) is 2.28. The number of ether oxygens (including phenoxy) is 1. The molecule has 92 valence electrons. The standard InChI is InChI=1S/C13H15FO3/c1-2-17-12-8-7-10(9-11(12)14)5-3-4-6-13(15)16/h4,6-9H,2-3,5H2,1H3,(H,15,16)/b6-4+. The Bertz CT molecular complexity index is 413. The van der Waals surface area contributed by atoms with Gasteiger partial charge in [-0.1, -0.05) is 12.1 Å². The fourth-order valence-electron chi connectivity index (χ4n) is 1.41. The summed E-state index contributed by atoms with van der Waals surface area (Å²) in [5.74, 6) is -1.10. The summed E-state index contributed by atoms with van der Waals surface area (Å²) in [7, 11) is 0. The number of halogens is 1. The minimum absolute atomic E-state index is 0.248. The highest BCUT2D eigenvalue weighted by atomic mass is 19.1. The van der Waals surface area contributed by atoms with Gasteiger partial charge in [-0.05, 0) is 37.5 Å². The van der Waals surface area contributed by atoms with Crippen molar-refractivity contribution in [2.45, 2.75) is 19.8 Å². The molecule has 17 heavy (non-hydrogen) atoms. The number of carbonyl (C=O) groups is 1. The lowest BCUT2D eigenvalue weighted by molar-refractivity contribution is -0.131. The zero-order chi connectivity index (χ0) is 12.7. The van der Waals surface area contributed by atoms with E-state index in [4.69, 9.17) is 9.84 Å². The largest absolute Gasteiger partial charge is 0.491 e. The number of aryl methyl sites for hydroxylation is 1. The van der Waals surface area contributed by atoms with Crippen LogP contribution >= 0.6 is 0 Å². The van der Waals surface area contributed by atoms with Gasteiger partial charge in [0.05, 0.1) is 6.61 Å². The van der Waals surface area contributed by atoms with Crippen LogP contribution in [0.15, 0.2) is 30.4 Å². The first-order chi connectivity index (χ1) is 8.13. The molecule has 0 aromatic heterocycles. The maximum atomic E-state index is 13.4. The molecule has 1 rings (SSSR count). The molecule has 0 atom stereocenters. The molecular formula is C13H15FO3. The van der Waals surface area contributed by atoms with Crippen molar-refractivity contribution < 1.29 is 19.0 Å². The zero-order valence-corrected chi connectivity index (χ0v) is 9.65. The number of carboxylic acids is 1. The molecule has 0 spiro atoms. The molecule has 1 aromatic carbocycles. The topological polar surface area (TPSA) is 46.5 Å². The van der Waals surface area contributed by atoms with Gasteiger partial charge in [-0.15, -0.1) is 0 Å². The van der Waals surface area contributed by atoms with Gasteiger partial charge in [-0.2, -0.15) is 0 Å². The molecule has 0 unspecified atom stereocenters. The van der Waals surface area contributed by atoms with E-state index < -0.39 is 5.97 Å². The Morgan fingerprint density at radius 2 is 2.29 bits per heavy atom. The van der Waals surface area contributed by atoms with Gasteiger partial charge in [0.15, 0.2) is 11.6 Å². The highest BCUT2D eigenvalue weighted by molar-refractivity contribution is 5.79. The van der Waals surface area contributed by atoms with Crippen LogP contribution in [0.1, 0.15) is 18.9 Å². The Morgan fingerprint density at radius 3 is 2.88 bits per heavy atom. The summed E-state index contributed by atoms with van der Waals surface area (Å²) in [4.78, 5) is 10.2. The summed E-state index contributed by atoms with van der Waals surface area (Å²) in [5.41, 5.74) is 0.820. The number of benzene rings is 1. The fraction of sp³-hybridized carbons (Fsp3) is 0.308. The van der Waals surface area contributed by atoms with Gasteiger partial charge in [0.25, 0.3) is 0 Å². The smallest absolute Gasteiger partial charge is 0.327 e. The molecule has 0 aliphatic carbocycles. The van der Waals surface area contributed by atoms with E-state index in [1.807, 2.05) is 0 Å². The Morgan fingerprint density at radius 1 is 1.53 bits per heavy atom. The van der Waals surface area contributed by atoms with E-state index in [1.165, 1.54) is 6.07 Å². The van der Waals surface area contributed by atoms with E-state index >= 15 is 0 Å². The molecule has 1 aromatic rings. The first-order valence-corrected chi connectivity index (χ1v) is 5.44. The molecule has 0 saturated carbocycles. The number of allylic oxidation sites excluding steroid dienone is 1. The first-order valence-electron chi connectivity index (χ1n) is 5.44. The Balaban J connectivity index is 2.55. The van der Waals surface area contributed by atoms with Crippen LogP contribution in [0.4, 0.5) is 4.39 Å². The van der Waals surface area contributed by atoms with Crippen molar-refractivity contribution in [2.24, 2.45) is 0 Å². The number of hydrogen-bond donors (Lipinski definition) is 1. The summed E-state index contributed by atoms with van der Waals surface area (Å²) < 4.78 is 18.5. The Labute approximate surface area is 99.5 Å². The molecular weight excluding hydrogens is 223 g/mol. The lowest BCUT2D eigenvalue weighted by atomic mass is 10.1. The van der Waals surface area contributed by atoms with Crippen molar-refractivity contribution in [2.75, 3.05) is 6.61 Å². The summed E-state index contributed by atoms with van der Waals surface area (Å²) in [6.07, 6.45) is 3.81. The second-order valence-electron chi connectivity index (χ2n) is 3.48. The maximum absolute atomic E-state index is 13.4. The van der Waals surface area contributed by atoms with E-state index in [0.717, 1.165) is 11.6 Å². The van der Waals surface area contributed by atoms with E-state index in [9.17, 15) is 9.18 Å². The number of aliphatic carboxylic acids is 1. The highest BCUT2D eigenvalue weighted by Crippen LogP contribution is 2.19. The van der Waals surface area contributed by atoms with Crippen LogP contribution in [0.5, 0.6) is 5.75 Å². The molecule has 0 heterocycles.